The van der Waals surface area contributed by atoms with Gasteiger partial charge in [0.05, 0.1) is 50.7 Å². The fraction of sp³-hybridized carbons (Fsp3) is 0.929. The molecule has 18 atom stereocenters. The van der Waals surface area contributed by atoms with Gasteiger partial charge in [-0.05, 0) is 19.3 Å². The molecule has 3 aliphatic heterocycles. The number of ether oxygens (including phenoxy) is 6. The van der Waals surface area contributed by atoms with Gasteiger partial charge < -0.3 is 100 Å². The first-order valence-corrected chi connectivity index (χ1v) is 36.6. The van der Waals surface area contributed by atoms with Crippen molar-refractivity contribution in [2.45, 2.75) is 387 Å². The number of carboxylic acids is 1. The molecule has 14 N–H and O–H groups in total. The molecule has 0 aromatic carbocycles. The Hall–Kier alpha value is -2.53. The third-order valence-electron chi connectivity index (χ3n) is 18.7. The van der Waals surface area contributed by atoms with E-state index < -0.39 is 155 Å². The van der Waals surface area contributed by atoms with Crippen molar-refractivity contribution in [3.05, 3.63) is 12.2 Å². The zero-order chi connectivity index (χ0) is 68.2. The Balaban J connectivity index is 1.56. The van der Waals surface area contributed by atoms with E-state index in [1.165, 1.54) is 186 Å². The molecule has 0 bridgehead atoms. The minimum Gasteiger partial charge on any atom is -0.477 e. The molecule has 3 aliphatic rings. The number of aliphatic carboxylic acids is 1. The SMILES string of the molecule is CCCCCCCCCCCCCCCC/C=C/C(O)C(COC1OC(CO)C(OC2OC(CO)C(O)C(OC3(C(=O)O)CC(O)C(NC(C)=O)C(C(O)C(O)CO)O3)C2O)C(O)C1O)NC(=O)CCCCCCCCCCCCCCCCCCCCCCCCC. The molecule has 3 fully saturated rings. The first-order valence-electron chi connectivity index (χ1n) is 36.6. The molecule has 3 rings (SSSR count). The number of rotatable bonds is 56. The van der Waals surface area contributed by atoms with Crippen LogP contribution in [0.1, 0.15) is 278 Å². The number of amides is 2. The molecule has 0 aromatic rings. The summed E-state index contributed by atoms with van der Waals surface area (Å²) in [5.74, 6) is -6.13. The minimum absolute atomic E-state index is 0.205. The Morgan fingerprint density at radius 3 is 1.43 bits per heavy atom. The molecule has 93 heavy (non-hydrogen) atoms. The number of carbonyl (C=O) groups excluding carboxylic acids is 2. The number of allylic oxidation sites excluding steroid dienone is 1. The summed E-state index contributed by atoms with van der Waals surface area (Å²) in [4.78, 5) is 38.6. The highest BCUT2D eigenvalue weighted by molar-refractivity contribution is 5.77. The topological polar surface area (TPSA) is 373 Å². The molecule has 0 radical (unpaired) electrons. The van der Waals surface area contributed by atoms with Gasteiger partial charge >= 0.3 is 5.97 Å². The highest BCUT2D eigenvalue weighted by Crippen LogP contribution is 2.39. The van der Waals surface area contributed by atoms with Crippen LogP contribution in [-0.2, 0) is 42.8 Å². The molecule has 23 heteroatoms. The maximum absolute atomic E-state index is 13.5. The van der Waals surface area contributed by atoms with Gasteiger partial charge in [-0.25, -0.2) is 4.79 Å². The predicted molar refractivity (Wildman–Crippen MR) is 352 cm³/mol. The van der Waals surface area contributed by atoms with Crippen LogP contribution in [0.25, 0.3) is 0 Å². The molecular weight excluding hydrogens is 1200 g/mol. The van der Waals surface area contributed by atoms with Crippen LogP contribution in [-0.4, -0.2) is 215 Å². The molecule has 0 aliphatic carbocycles. The van der Waals surface area contributed by atoms with Gasteiger partial charge in [-0.2, -0.15) is 0 Å². The molecule has 3 heterocycles. The summed E-state index contributed by atoms with van der Waals surface area (Å²) in [5, 5.41) is 136. The number of aliphatic hydroxyl groups is 11. The lowest BCUT2D eigenvalue weighted by Gasteiger charge is -2.50. The Labute approximate surface area is 556 Å². The highest BCUT2D eigenvalue weighted by atomic mass is 16.8. The average Bonchev–Trinajstić information content (AvgIpc) is 0.767. The largest absolute Gasteiger partial charge is 0.477 e. The zero-order valence-corrected chi connectivity index (χ0v) is 57.1. The fourth-order valence-electron chi connectivity index (χ4n) is 12.9. The standard InChI is InChI=1S/C70H130N2O21/c1-4-6-8-10-12-14-16-18-20-22-23-24-25-26-27-28-30-32-34-36-38-40-42-44-57(80)72-51(52(77)43-41-39-37-35-33-31-29-21-19-17-15-13-11-9-7-5-2)49-88-67-62(84)61(83)64(56(48-75)90-67)91-68-63(85)66(60(82)55(47-74)89-68)93-70(69(86)87)45-53(78)58(71-50(3)76)65(92-70)59(81)54(79)46-73/h41,43,51-56,58-68,73-75,77-79,81-85H,4-40,42,44-49H2,1-3H3,(H,71,76)(H,72,80)(H,86,87)/b43-41+. The number of aliphatic hydroxyl groups excluding tert-OH is 11. The van der Waals surface area contributed by atoms with Gasteiger partial charge in [0.25, 0.3) is 5.79 Å². The van der Waals surface area contributed by atoms with E-state index in [2.05, 4.69) is 24.5 Å². The van der Waals surface area contributed by atoms with Gasteiger partial charge in [0, 0.05) is 19.8 Å². The Morgan fingerprint density at radius 2 is 1.00 bits per heavy atom. The second-order valence-corrected chi connectivity index (χ2v) is 26.8. The van der Waals surface area contributed by atoms with Gasteiger partial charge in [0.1, 0.15) is 67.1 Å². The van der Waals surface area contributed by atoms with Crippen molar-refractivity contribution in [1.82, 2.24) is 10.6 Å². The van der Waals surface area contributed by atoms with E-state index in [4.69, 9.17) is 28.4 Å². The maximum Gasteiger partial charge on any atom is 0.364 e. The maximum atomic E-state index is 13.5. The van der Waals surface area contributed by atoms with Crippen LogP contribution < -0.4 is 10.6 Å². The summed E-state index contributed by atoms with van der Waals surface area (Å²) in [7, 11) is 0. The molecule has 0 aromatic heterocycles. The van der Waals surface area contributed by atoms with Crippen molar-refractivity contribution in [3.8, 4) is 0 Å². The van der Waals surface area contributed by atoms with E-state index >= 15 is 0 Å². The predicted octanol–water partition coefficient (Wildman–Crippen LogP) is 7.46. The monoisotopic (exact) mass is 1330 g/mol. The van der Waals surface area contributed by atoms with E-state index in [9.17, 15) is 75.7 Å². The van der Waals surface area contributed by atoms with Crippen LogP contribution in [0.5, 0.6) is 0 Å². The van der Waals surface area contributed by atoms with Crippen molar-refractivity contribution in [2.24, 2.45) is 0 Å². The summed E-state index contributed by atoms with van der Waals surface area (Å²) in [6.07, 6.45) is 21.1. The lowest BCUT2D eigenvalue weighted by Crippen LogP contribution is -2.70. The first kappa shape index (κ1) is 84.7. The van der Waals surface area contributed by atoms with Gasteiger partial charge in [-0.1, -0.05) is 251 Å². The highest BCUT2D eigenvalue weighted by Gasteiger charge is 2.60. The van der Waals surface area contributed by atoms with Crippen LogP contribution in [0.3, 0.4) is 0 Å². The first-order chi connectivity index (χ1) is 44.9. The summed E-state index contributed by atoms with van der Waals surface area (Å²) in [5.41, 5.74) is 0. The van der Waals surface area contributed by atoms with Crippen LogP contribution in [0.15, 0.2) is 12.2 Å². The van der Waals surface area contributed by atoms with E-state index in [0.29, 0.717) is 12.8 Å². The van der Waals surface area contributed by atoms with Crippen LogP contribution in [0, 0.1) is 0 Å². The number of carbonyl (C=O) groups is 3. The number of carboxylic acid groups (broad SMARTS) is 1. The van der Waals surface area contributed by atoms with Crippen molar-refractivity contribution >= 4 is 17.8 Å². The molecule has 2 amide bonds. The van der Waals surface area contributed by atoms with E-state index in [1.807, 2.05) is 6.08 Å². The summed E-state index contributed by atoms with van der Waals surface area (Å²) in [6.45, 7) is 2.16. The van der Waals surface area contributed by atoms with E-state index in [-0.39, 0.29) is 12.3 Å². The Kier molecular flexibility index (Phi) is 46.2. The van der Waals surface area contributed by atoms with Gasteiger partial charge in [-0.15, -0.1) is 0 Å². The lowest BCUT2D eigenvalue weighted by atomic mass is 9.88. The summed E-state index contributed by atoms with van der Waals surface area (Å²) < 4.78 is 34.8. The molecule has 0 spiro atoms. The van der Waals surface area contributed by atoms with Crippen molar-refractivity contribution in [3.63, 3.8) is 0 Å². The second kappa shape index (κ2) is 50.7. The lowest BCUT2D eigenvalue weighted by molar-refractivity contribution is -0.386. The quantitative estimate of drug-likeness (QED) is 0.0207. The molecule has 0 saturated carbocycles. The number of hydrogen-bond donors (Lipinski definition) is 14. The fourth-order valence-corrected chi connectivity index (χ4v) is 12.9. The molecule has 3 saturated heterocycles. The van der Waals surface area contributed by atoms with Crippen molar-refractivity contribution in [1.29, 1.82) is 0 Å². The number of unbranched alkanes of at least 4 members (excludes halogenated alkanes) is 36. The van der Waals surface area contributed by atoms with Crippen LogP contribution in [0.2, 0.25) is 0 Å². The molecular formula is C70H130N2O21. The number of nitrogens with one attached hydrogen (secondary N) is 2. The van der Waals surface area contributed by atoms with E-state index in [0.717, 1.165) is 51.9 Å². The zero-order valence-electron chi connectivity index (χ0n) is 57.1. The van der Waals surface area contributed by atoms with Gasteiger partial charge in [0.2, 0.25) is 11.8 Å². The average molecular weight is 1340 g/mol. The normalized spacial score (nSPS) is 28.1. The van der Waals surface area contributed by atoms with Crippen LogP contribution >= 0.6 is 0 Å². The van der Waals surface area contributed by atoms with Gasteiger partial charge in [0.15, 0.2) is 12.6 Å². The molecule has 546 valence electrons. The Morgan fingerprint density at radius 1 is 0.559 bits per heavy atom. The summed E-state index contributed by atoms with van der Waals surface area (Å²) in [6, 6.07) is -2.61. The Bertz CT molecular complexity index is 1930. The third-order valence-corrected chi connectivity index (χ3v) is 18.7. The number of hydrogen-bond acceptors (Lipinski definition) is 20. The minimum atomic E-state index is -3.08. The second-order valence-electron chi connectivity index (χ2n) is 26.8. The van der Waals surface area contributed by atoms with Crippen molar-refractivity contribution in [2.75, 3.05) is 26.4 Å². The van der Waals surface area contributed by atoms with Crippen molar-refractivity contribution < 1.29 is 104 Å². The van der Waals surface area contributed by atoms with E-state index in [1.54, 1.807) is 6.08 Å². The summed E-state index contributed by atoms with van der Waals surface area (Å²) >= 11 is 0. The molecule has 18 unspecified atom stereocenters. The smallest absolute Gasteiger partial charge is 0.364 e. The third kappa shape index (κ3) is 32.8. The van der Waals surface area contributed by atoms with Gasteiger partial charge in [-0.3, -0.25) is 9.59 Å². The van der Waals surface area contributed by atoms with Crippen LogP contribution in [0.4, 0.5) is 0 Å². The molecule has 23 nitrogen and oxygen atoms in total.